The molecule has 0 unspecified atom stereocenters. The van der Waals surface area contributed by atoms with Gasteiger partial charge in [-0.05, 0) is 19.4 Å². The first-order valence-electron chi connectivity index (χ1n) is 7.60. The molecule has 2 fully saturated rings. The van der Waals surface area contributed by atoms with Gasteiger partial charge in [-0.2, -0.15) is 0 Å². The van der Waals surface area contributed by atoms with Gasteiger partial charge >= 0.3 is 0 Å². The molecule has 3 heterocycles. The molecule has 1 aromatic carbocycles. The second-order valence-corrected chi connectivity index (χ2v) is 5.91. The maximum absolute atomic E-state index is 6.11. The summed E-state index contributed by atoms with van der Waals surface area (Å²) in [6.45, 7) is 2.58. The van der Waals surface area contributed by atoms with E-state index in [1.165, 1.54) is 0 Å². The predicted molar refractivity (Wildman–Crippen MR) is 76.5 cm³/mol. The van der Waals surface area contributed by atoms with Crippen molar-refractivity contribution in [3.63, 3.8) is 0 Å². The van der Waals surface area contributed by atoms with E-state index in [2.05, 4.69) is 6.08 Å². The van der Waals surface area contributed by atoms with Gasteiger partial charge in [-0.15, -0.1) is 0 Å². The maximum Gasteiger partial charge on any atom is 0.184 e. The van der Waals surface area contributed by atoms with E-state index >= 15 is 0 Å². The van der Waals surface area contributed by atoms with Crippen LogP contribution in [0.3, 0.4) is 0 Å². The molecule has 21 heavy (non-hydrogen) atoms. The van der Waals surface area contributed by atoms with E-state index in [-0.39, 0.29) is 30.7 Å². The summed E-state index contributed by atoms with van der Waals surface area (Å²) >= 11 is 0. The van der Waals surface area contributed by atoms with Crippen LogP contribution in [0.15, 0.2) is 42.2 Å². The molecule has 4 rings (SSSR count). The van der Waals surface area contributed by atoms with Crippen molar-refractivity contribution in [3.05, 3.63) is 47.7 Å². The second kappa shape index (κ2) is 5.44. The topological polar surface area (TPSA) is 36.9 Å². The van der Waals surface area contributed by atoms with Crippen molar-refractivity contribution in [2.75, 3.05) is 6.61 Å². The van der Waals surface area contributed by atoms with E-state index in [4.69, 9.17) is 18.9 Å². The Balaban J connectivity index is 1.47. The Labute approximate surface area is 124 Å². The van der Waals surface area contributed by atoms with Gasteiger partial charge in [-0.25, -0.2) is 0 Å². The summed E-state index contributed by atoms with van der Waals surface area (Å²) in [6, 6.07) is 10.1. The summed E-state index contributed by atoms with van der Waals surface area (Å²) in [5.74, 6) is 0.991. The van der Waals surface area contributed by atoms with E-state index in [0.29, 0.717) is 6.61 Å². The van der Waals surface area contributed by atoms with Crippen LogP contribution in [0.5, 0.6) is 0 Å². The fourth-order valence-corrected chi connectivity index (χ4v) is 3.29. The number of allylic oxidation sites excluding steroid dienone is 1. The monoisotopic (exact) mass is 288 g/mol. The fraction of sp³-hybridized carbons (Fsp3) is 0.529. The van der Waals surface area contributed by atoms with Crippen molar-refractivity contribution >= 4 is 0 Å². The van der Waals surface area contributed by atoms with E-state index < -0.39 is 0 Å². The lowest BCUT2D eigenvalue weighted by Gasteiger charge is -2.46. The number of benzene rings is 1. The fourth-order valence-electron chi connectivity index (χ4n) is 3.29. The van der Waals surface area contributed by atoms with Crippen LogP contribution >= 0.6 is 0 Å². The second-order valence-electron chi connectivity index (χ2n) is 5.91. The Morgan fingerprint density at radius 1 is 0.952 bits per heavy atom. The zero-order valence-corrected chi connectivity index (χ0v) is 12.1. The van der Waals surface area contributed by atoms with Gasteiger partial charge in [-0.1, -0.05) is 30.3 Å². The lowest BCUT2D eigenvalue weighted by molar-refractivity contribution is -0.303. The predicted octanol–water partition coefficient (Wildman–Crippen LogP) is 2.95. The smallest absolute Gasteiger partial charge is 0.184 e. The third-order valence-electron chi connectivity index (χ3n) is 4.40. The maximum atomic E-state index is 6.11. The number of ether oxygens (including phenoxy) is 4. The van der Waals surface area contributed by atoms with Gasteiger partial charge in [0.2, 0.25) is 0 Å². The van der Waals surface area contributed by atoms with Crippen molar-refractivity contribution < 1.29 is 18.9 Å². The third kappa shape index (κ3) is 2.59. The highest BCUT2D eigenvalue weighted by atomic mass is 16.7. The average Bonchev–Trinajstić information content (AvgIpc) is 2.53. The third-order valence-corrected chi connectivity index (χ3v) is 4.40. The Kier molecular flexibility index (Phi) is 3.45. The molecule has 1 aromatic rings. The number of hydrogen-bond acceptors (Lipinski definition) is 4. The largest absolute Gasteiger partial charge is 0.493 e. The number of fused-ring (bicyclic) bond motifs is 2. The molecule has 4 nitrogen and oxygen atoms in total. The molecule has 0 amide bonds. The highest BCUT2D eigenvalue weighted by molar-refractivity contribution is 5.16. The molecule has 0 N–H and O–H groups in total. The van der Waals surface area contributed by atoms with Crippen LogP contribution in [0.1, 0.15) is 31.6 Å². The first-order chi connectivity index (χ1) is 10.3. The summed E-state index contributed by atoms with van der Waals surface area (Å²) in [5.41, 5.74) is 1.05. The summed E-state index contributed by atoms with van der Waals surface area (Å²) in [4.78, 5) is 0. The van der Waals surface area contributed by atoms with Crippen LogP contribution in [0.4, 0.5) is 0 Å². The van der Waals surface area contributed by atoms with Gasteiger partial charge in [0.15, 0.2) is 6.29 Å². The lowest BCUT2D eigenvalue weighted by Crippen LogP contribution is -2.54. The minimum atomic E-state index is -0.298. The summed E-state index contributed by atoms with van der Waals surface area (Å²) in [5, 5.41) is 0. The summed E-state index contributed by atoms with van der Waals surface area (Å²) < 4.78 is 23.9. The summed E-state index contributed by atoms with van der Waals surface area (Å²) in [6.07, 6.45) is 3.88. The van der Waals surface area contributed by atoms with Crippen molar-refractivity contribution in [2.45, 2.75) is 50.5 Å². The van der Waals surface area contributed by atoms with Gasteiger partial charge in [0, 0.05) is 12.0 Å². The quantitative estimate of drug-likeness (QED) is 0.796. The molecule has 0 spiro atoms. The minimum absolute atomic E-state index is 0.0154. The van der Waals surface area contributed by atoms with E-state index in [9.17, 15) is 0 Å². The molecule has 2 saturated heterocycles. The molecule has 4 heteroatoms. The minimum Gasteiger partial charge on any atom is -0.493 e. The van der Waals surface area contributed by atoms with Crippen LogP contribution in [-0.4, -0.2) is 31.0 Å². The van der Waals surface area contributed by atoms with Crippen molar-refractivity contribution in [1.82, 2.24) is 0 Å². The van der Waals surface area contributed by atoms with Crippen LogP contribution in [0.25, 0.3) is 0 Å². The van der Waals surface area contributed by atoms with E-state index in [0.717, 1.165) is 24.2 Å². The van der Waals surface area contributed by atoms with Crippen molar-refractivity contribution in [2.24, 2.45) is 0 Å². The van der Waals surface area contributed by atoms with Gasteiger partial charge in [0.25, 0.3) is 0 Å². The Hall–Kier alpha value is -1.36. The Morgan fingerprint density at radius 3 is 2.67 bits per heavy atom. The van der Waals surface area contributed by atoms with Crippen LogP contribution < -0.4 is 0 Å². The Bertz CT molecular complexity index is 527. The van der Waals surface area contributed by atoms with E-state index in [1.54, 1.807) is 0 Å². The molecule has 3 aliphatic rings. The zero-order chi connectivity index (χ0) is 14.2. The SMILES string of the molecule is CC1=CC[C@@H]2O[C@@H]3CO[C@@H](c4ccccc4)O[C@H]3C[C@H]2O1. The Morgan fingerprint density at radius 2 is 1.81 bits per heavy atom. The first-order valence-corrected chi connectivity index (χ1v) is 7.60. The zero-order valence-electron chi connectivity index (χ0n) is 12.1. The molecule has 0 aromatic heterocycles. The highest BCUT2D eigenvalue weighted by Gasteiger charge is 2.44. The highest BCUT2D eigenvalue weighted by Crippen LogP contribution is 2.37. The molecule has 0 bridgehead atoms. The van der Waals surface area contributed by atoms with Crippen molar-refractivity contribution in [3.8, 4) is 0 Å². The average molecular weight is 288 g/mol. The molecule has 3 aliphatic heterocycles. The van der Waals surface area contributed by atoms with Gasteiger partial charge in [0.05, 0.1) is 24.6 Å². The molecule has 0 radical (unpaired) electrons. The van der Waals surface area contributed by atoms with Crippen LogP contribution in [0.2, 0.25) is 0 Å². The molecule has 0 saturated carbocycles. The van der Waals surface area contributed by atoms with Gasteiger partial charge in [-0.3, -0.25) is 0 Å². The standard InChI is InChI=1S/C17H20O4/c1-11-7-8-13-14(19-11)9-15-16(20-13)10-18-17(21-15)12-5-3-2-4-6-12/h2-7,13-17H,8-10H2,1H3/t13-,14+,15-,16+,17+/m0/s1. The molecular formula is C17H20O4. The molecular weight excluding hydrogens is 268 g/mol. The molecule has 5 atom stereocenters. The lowest BCUT2D eigenvalue weighted by atomic mass is 9.94. The first kappa shape index (κ1) is 13.3. The molecule has 112 valence electrons. The van der Waals surface area contributed by atoms with Gasteiger partial charge < -0.3 is 18.9 Å². The normalized spacial score (nSPS) is 38.7. The number of rotatable bonds is 1. The van der Waals surface area contributed by atoms with Crippen molar-refractivity contribution in [1.29, 1.82) is 0 Å². The number of hydrogen-bond donors (Lipinski definition) is 0. The van der Waals surface area contributed by atoms with Crippen LogP contribution in [0, 0.1) is 0 Å². The van der Waals surface area contributed by atoms with E-state index in [1.807, 2.05) is 37.3 Å². The molecule has 0 aliphatic carbocycles. The van der Waals surface area contributed by atoms with Crippen LogP contribution in [-0.2, 0) is 18.9 Å². The summed E-state index contributed by atoms with van der Waals surface area (Å²) in [7, 11) is 0. The van der Waals surface area contributed by atoms with Gasteiger partial charge in [0.1, 0.15) is 12.2 Å².